The molecule has 0 radical (unpaired) electrons. The molecule has 1 amide bonds. The topological polar surface area (TPSA) is 63.2 Å². The number of carbonyl (C=O) groups is 1. The number of carbonyl (C=O) groups excluding carboxylic acids is 1. The molecular formula is C23H29N3O3. The Morgan fingerprint density at radius 3 is 2.45 bits per heavy atom. The fourth-order valence-electron chi connectivity index (χ4n) is 3.11. The van der Waals surface area contributed by atoms with Gasteiger partial charge in [-0.15, -0.1) is 0 Å². The Labute approximate surface area is 172 Å². The fraction of sp³-hybridized carbons (Fsp3) is 0.391. The number of rotatable bonds is 5. The van der Waals surface area contributed by atoms with Gasteiger partial charge in [-0.3, -0.25) is 4.99 Å². The third-order valence-corrected chi connectivity index (χ3v) is 4.40. The van der Waals surface area contributed by atoms with Crippen LogP contribution < -0.4 is 10.1 Å². The van der Waals surface area contributed by atoms with E-state index in [2.05, 4.69) is 10.3 Å². The van der Waals surface area contributed by atoms with Crippen molar-refractivity contribution in [1.29, 1.82) is 0 Å². The van der Waals surface area contributed by atoms with Crippen molar-refractivity contribution in [2.75, 3.05) is 20.1 Å². The molecule has 0 bridgehead atoms. The van der Waals surface area contributed by atoms with Crippen LogP contribution in [0.4, 0.5) is 4.79 Å². The molecule has 29 heavy (non-hydrogen) atoms. The van der Waals surface area contributed by atoms with E-state index in [0.717, 1.165) is 22.7 Å². The van der Waals surface area contributed by atoms with Crippen molar-refractivity contribution < 1.29 is 14.3 Å². The number of nitrogens with zero attached hydrogens (tertiary/aromatic N) is 2. The Morgan fingerprint density at radius 1 is 1.14 bits per heavy atom. The maximum absolute atomic E-state index is 12.0. The summed E-state index contributed by atoms with van der Waals surface area (Å²) in [6.45, 7) is 7.28. The Morgan fingerprint density at radius 2 is 1.83 bits per heavy atom. The van der Waals surface area contributed by atoms with E-state index in [1.807, 2.05) is 87.3 Å². The summed E-state index contributed by atoms with van der Waals surface area (Å²) >= 11 is 0. The Kier molecular flexibility index (Phi) is 6.42. The van der Waals surface area contributed by atoms with Gasteiger partial charge in [0.1, 0.15) is 23.8 Å². The average molecular weight is 396 g/mol. The first-order chi connectivity index (χ1) is 13.8. The van der Waals surface area contributed by atoms with Crippen LogP contribution in [0.5, 0.6) is 5.75 Å². The van der Waals surface area contributed by atoms with Crippen molar-refractivity contribution in [3.05, 3.63) is 65.7 Å². The number of benzene rings is 2. The molecule has 1 aliphatic heterocycles. The molecule has 0 saturated carbocycles. The van der Waals surface area contributed by atoms with Crippen molar-refractivity contribution in [2.45, 2.75) is 39.0 Å². The van der Waals surface area contributed by atoms with Crippen LogP contribution in [0.25, 0.3) is 0 Å². The standard InChI is InChI=1S/C23H29N3O3/c1-23(2,3)29-22(27)25-19-14-24-21(26(4)15-19)18-10-12-20(13-11-18)28-16-17-8-6-5-7-9-17/h5-13,19H,14-16H2,1-4H3,(H,25,27). The predicted octanol–water partition coefficient (Wildman–Crippen LogP) is 3.85. The number of amides is 1. The van der Waals surface area contributed by atoms with E-state index in [1.54, 1.807) is 0 Å². The van der Waals surface area contributed by atoms with Crippen molar-refractivity contribution in [3.8, 4) is 5.75 Å². The molecule has 1 unspecified atom stereocenters. The lowest BCUT2D eigenvalue weighted by Gasteiger charge is -2.32. The van der Waals surface area contributed by atoms with Gasteiger partial charge in [0.2, 0.25) is 0 Å². The maximum Gasteiger partial charge on any atom is 0.407 e. The van der Waals surface area contributed by atoms with E-state index in [0.29, 0.717) is 19.7 Å². The molecule has 0 aromatic heterocycles. The van der Waals surface area contributed by atoms with Gasteiger partial charge in [0.25, 0.3) is 0 Å². The first-order valence-corrected chi connectivity index (χ1v) is 9.82. The van der Waals surface area contributed by atoms with Crippen LogP contribution in [0.15, 0.2) is 59.6 Å². The molecule has 0 saturated heterocycles. The molecule has 0 fully saturated rings. The molecule has 154 valence electrons. The number of amidine groups is 1. The molecular weight excluding hydrogens is 366 g/mol. The zero-order chi connectivity index (χ0) is 20.9. The van der Waals surface area contributed by atoms with Gasteiger partial charge in [0, 0.05) is 19.2 Å². The number of ether oxygens (including phenoxy) is 2. The molecule has 2 aromatic rings. The van der Waals surface area contributed by atoms with E-state index in [1.165, 1.54) is 0 Å². The van der Waals surface area contributed by atoms with Crippen LogP contribution in [0.2, 0.25) is 0 Å². The van der Waals surface area contributed by atoms with E-state index in [4.69, 9.17) is 9.47 Å². The molecule has 1 aliphatic rings. The number of hydrogen-bond acceptors (Lipinski definition) is 5. The van der Waals surface area contributed by atoms with Crippen LogP contribution in [-0.4, -0.2) is 48.6 Å². The van der Waals surface area contributed by atoms with Crippen LogP contribution >= 0.6 is 0 Å². The van der Waals surface area contributed by atoms with Crippen molar-refractivity contribution in [3.63, 3.8) is 0 Å². The monoisotopic (exact) mass is 395 g/mol. The lowest BCUT2D eigenvalue weighted by molar-refractivity contribution is 0.0499. The van der Waals surface area contributed by atoms with E-state index in [9.17, 15) is 4.79 Å². The van der Waals surface area contributed by atoms with Crippen LogP contribution in [0.3, 0.4) is 0 Å². The van der Waals surface area contributed by atoms with Gasteiger partial charge in [0.15, 0.2) is 0 Å². The van der Waals surface area contributed by atoms with Crippen LogP contribution in [0.1, 0.15) is 31.9 Å². The van der Waals surface area contributed by atoms with Crippen LogP contribution in [0, 0.1) is 0 Å². The molecule has 0 spiro atoms. The number of nitrogens with one attached hydrogen (secondary N) is 1. The number of alkyl carbamates (subject to hydrolysis) is 1. The zero-order valence-electron chi connectivity index (χ0n) is 17.5. The van der Waals surface area contributed by atoms with Gasteiger partial charge in [-0.25, -0.2) is 4.79 Å². The van der Waals surface area contributed by atoms with Crippen molar-refractivity contribution in [1.82, 2.24) is 10.2 Å². The number of hydrogen-bond donors (Lipinski definition) is 1. The summed E-state index contributed by atoms with van der Waals surface area (Å²) < 4.78 is 11.2. The van der Waals surface area contributed by atoms with Gasteiger partial charge in [0.05, 0.1) is 12.6 Å². The molecule has 2 aromatic carbocycles. The number of likely N-dealkylation sites (N-methyl/N-ethyl adjacent to an activating group) is 1. The Hall–Kier alpha value is -3.02. The highest BCUT2D eigenvalue weighted by molar-refractivity contribution is 5.99. The average Bonchev–Trinajstić information content (AvgIpc) is 2.66. The Bertz CT molecular complexity index is 842. The summed E-state index contributed by atoms with van der Waals surface area (Å²) in [6.07, 6.45) is -0.408. The highest BCUT2D eigenvalue weighted by atomic mass is 16.6. The lowest BCUT2D eigenvalue weighted by atomic mass is 10.1. The maximum atomic E-state index is 12.0. The molecule has 6 heteroatoms. The highest BCUT2D eigenvalue weighted by Gasteiger charge is 2.24. The van der Waals surface area contributed by atoms with Gasteiger partial charge >= 0.3 is 6.09 Å². The first kappa shape index (κ1) is 20.7. The molecule has 3 rings (SSSR count). The summed E-state index contributed by atoms with van der Waals surface area (Å²) in [4.78, 5) is 18.7. The summed E-state index contributed by atoms with van der Waals surface area (Å²) in [5, 5.41) is 2.89. The summed E-state index contributed by atoms with van der Waals surface area (Å²) in [7, 11) is 1.97. The quantitative estimate of drug-likeness (QED) is 0.835. The van der Waals surface area contributed by atoms with Crippen molar-refractivity contribution >= 4 is 11.9 Å². The molecule has 1 heterocycles. The second-order valence-electron chi connectivity index (χ2n) is 8.19. The second kappa shape index (κ2) is 8.99. The second-order valence-corrected chi connectivity index (χ2v) is 8.19. The zero-order valence-corrected chi connectivity index (χ0v) is 17.5. The summed E-state index contributed by atoms with van der Waals surface area (Å²) in [6, 6.07) is 17.9. The van der Waals surface area contributed by atoms with E-state index in [-0.39, 0.29) is 6.04 Å². The molecule has 1 N–H and O–H groups in total. The smallest absolute Gasteiger partial charge is 0.407 e. The highest BCUT2D eigenvalue weighted by Crippen LogP contribution is 2.17. The molecule has 1 atom stereocenters. The van der Waals surface area contributed by atoms with Crippen molar-refractivity contribution in [2.24, 2.45) is 4.99 Å². The normalized spacial score (nSPS) is 16.8. The first-order valence-electron chi connectivity index (χ1n) is 9.82. The Balaban J connectivity index is 1.56. The summed E-state index contributed by atoms with van der Waals surface area (Å²) in [5.74, 6) is 1.72. The van der Waals surface area contributed by atoms with Gasteiger partial charge < -0.3 is 19.7 Å². The minimum Gasteiger partial charge on any atom is -0.489 e. The fourth-order valence-corrected chi connectivity index (χ4v) is 3.11. The van der Waals surface area contributed by atoms with Crippen LogP contribution in [-0.2, 0) is 11.3 Å². The van der Waals surface area contributed by atoms with E-state index < -0.39 is 11.7 Å². The lowest BCUT2D eigenvalue weighted by Crippen LogP contribution is -2.50. The van der Waals surface area contributed by atoms with Gasteiger partial charge in [-0.05, 0) is 50.6 Å². The summed E-state index contributed by atoms with van der Waals surface area (Å²) in [5.41, 5.74) is 1.65. The molecule has 0 aliphatic carbocycles. The minimum absolute atomic E-state index is 0.0768. The van der Waals surface area contributed by atoms with E-state index >= 15 is 0 Å². The third kappa shape index (κ3) is 6.24. The van der Waals surface area contributed by atoms with Gasteiger partial charge in [-0.2, -0.15) is 0 Å². The SMILES string of the molecule is CN1CC(NC(=O)OC(C)(C)C)CN=C1c1ccc(OCc2ccccc2)cc1. The van der Waals surface area contributed by atoms with Gasteiger partial charge in [-0.1, -0.05) is 30.3 Å². The predicted molar refractivity (Wildman–Crippen MR) is 114 cm³/mol. The number of aliphatic imine (C=N–C) groups is 1. The minimum atomic E-state index is -0.511. The molecule has 6 nitrogen and oxygen atoms in total. The largest absolute Gasteiger partial charge is 0.489 e. The third-order valence-electron chi connectivity index (χ3n) is 4.40.